The van der Waals surface area contributed by atoms with Crippen molar-refractivity contribution in [2.45, 2.75) is 13.5 Å². The minimum Gasteiger partial charge on any atom is -0.493 e. The number of nitrogens with one attached hydrogen (secondary N) is 1. The molecule has 0 aliphatic carbocycles. The summed E-state index contributed by atoms with van der Waals surface area (Å²) in [6, 6.07) is 18.0. The molecule has 36 heavy (non-hydrogen) atoms. The van der Waals surface area contributed by atoms with E-state index < -0.39 is 11.8 Å². The minimum absolute atomic E-state index is 0.220. The number of halogens is 2. The second-order valence-corrected chi connectivity index (χ2v) is 10.7. The molecule has 10 heteroatoms. The van der Waals surface area contributed by atoms with Gasteiger partial charge >= 0.3 is 0 Å². The Balaban J connectivity index is 1.50. The molecule has 0 saturated carbocycles. The van der Waals surface area contributed by atoms with Crippen LogP contribution in [0.3, 0.4) is 0 Å². The third-order valence-corrected chi connectivity index (χ3v) is 7.31. The fraction of sp³-hybridized carbons (Fsp3) is 0.115. The molecule has 2 amide bonds. The Kier molecular flexibility index (Phi) is 8.35. The van der Waals surface area contributed by atoms with E-state index >= 15 is 0 Å². The van der Waals surface area contributed by atoms with Gasteiger partial charge in [0.1, 0.15) is 6.61 Å². The second kappa shape index (κ2) is 11.5. The number of amides is 2. The summed E-state index contributed by atoms with van der Waals surface area (Å²) in [6.07, 6.45) is 1.69. The monoisotopic (exact) mass is 602 g/mol. The fourth-order valence-corrected chi connectivity index (χ4v) is 5.17. The zero-order valence-corrected chi connectivity index (χ0v) is 23.2. The Hall–Kier alpha value is -2.85. The largest absolute Gasteiger partial charge is 0.493 e. The van der Waals surface area contributed by atoms with Crippen molar-refractivity contribution in [3.63, 3.8) is 0 Å². The normalized spacial score (nSPS) is 14.3. The van der Waals surface area contributed by atoms with Crippen LogP contribution in [0, 0.1) is 6.92 Å². The van der Waals surface area contributed by atoms with Gasteiger partial charge < -0.3 is 9.47 Å². The van der Waals surface area contributed by atoms with Gasteiger partial charge in [0.2, 0.25) is 0 Å². The number of methoxy groups -OCH3 is 1. The van der Waals surface area contributed by atoms with Crippen LogP contribution in [0.25, 0.3) is 6.08 Å². The molecule has 4 rings (SSSR count). The van der Waals surface area contributed by atoms with Crippen molar-refractivity contribution in [3.8, 4) is 11.5 Å². The van der Waals surface area contributed by atoms with Crippen LogP contribution in [-0.4, -0.2) is 28.3 Å². The van der Waals surface area contributed by atoms with E-state index in [1.807, 2.05) is 37.3 Å². The van der Waals surface area contributed by atoms with Crippen LogP contribution in [-0.2, 0) is 11.4 Å². The summed E-state index contributed by atoms with van der Waals surface area (Å²) in [4.78, 5) is 25.9. The molecule has 184 valence electrons. The van der Waals surface area contributed by atoms with Gasteiger partial charge in [0.15, 0.2) is 15.8 Å². The molecule has 1 heterocycles. The van der Waals surface area contributed by atoms with Gasteiger partial charge in [-0.3, -0.25) is 15.0 Å². The van der Waals surface area contributed by atoms with Crippen LogP contribution < -0.4 is 14.9 Å². The molecule has 1 fully saturated rings. The standard InChI is InChI=1S/C26H20BrClN2O4S2/c1-15-3-5-16(6-4-15)14-34-23-20(27)11-17(12-21(23)33-2)13-22-25(32)30(26(35)36-22)29-24(31)18-7-9-19(28)10-8-18/h3-13H,14H2,1-2H3,(H,29,31)/b22-13-. The molecule has 0 unspecified atom stereocenters. The second-order valence-electron chi connectivity index (χ2n) is 7.77. The average molecular weight is 604 g/mol. The lowest BCUT2D eigenvalue weighted by molar-refractivity contribution is -0.123. The summed E-state index contributed by atoms with van der Waals surface area (Å²) in [5.41, 5.74) is 5.82. The third-order valence-electron chi connectivity index (χ3n) is 5.17. The summed E-state index contributed by atoms with van der Waals surface area (Å²) in [7, 11) is 1.55. The minimum atomic E-state index is -0.469. The van der Waals surface area contributed by atoms with Gasteiger partial charge in [-0.25, -0.2) is 0 Å². The summed E-state index contributed by atoms with van der Waals surface area (Å²) in [6.45, 7) is 2.41. The van der Waals surface area contributed by atoms with E-state index in [1.54, 1.807) is 43.5 Å². The fourth-order valence-electron chi connectivity index (χ4n) is 3.29. The predicted octanol–water partition coefficient (Wildman–Crippen LogP) is 6.54. The van der Waals surface area contributed by atoms with E-state index in [0.717, 1.165) is 22.3 Å². The Morgan fingerprint density at radius 1 is 1.17 bits per heavy atom. The van der Waals surface area contributed by atoms with E-state index in [-0.39, 0.29) is 4.32 Å². The molecule has 1 aliphatic heterocycles. The molecule has 6 nitrogen and oxygen atoms in total. The van der Waals surface area contributed by atoms with Gasteiger partial charge in [-0.15, -0.1) is 0 Å². The number of hydrogen-bond acceptors (Lipinski definition) is 6. The van der Waals surface area contributed by atoms with E-state index in [1.165, 1.54) is 5.56 Å². The zero-order valence-electron chi connectivity index (χ0n) is 19.2. The number of carbonyl (C=O) groups excluding carboxylic acids is 2. The first-order valence-electron chi connectivity index (χ1n) is 10.7. The Bertz CT molecular complexity index is 1360. The Morgan fingerprint density at radius 2 is 1.86 bits per heavy atom. The van der Waals surface area contributed by atoms with Crippen LogP contribution in [0.1, 0.15) is 27.0 Å². The van der Waals surface area contributed by atoms with Gasteiger partial charge in [-0.2, -0.15) is 5.01 Å². The number of hydrazine groups is 1. The Labute approximate surface area is 231 Å². The molecule has 0 bridgehead atoms. The van der Waals surface area contributed by atoms with Crippen LogP contribution in [0.15, 0.2) is 70.0 Å². The number of rotatable bonds is 7. The lowest BCUT2D eigenvalue weighted by Gasteiger charge is -2.15. The number of hydrogen-bond donors (Lipinski definition) is 1. The topological polar surface area (TPSA) is 67.9 Å². The number of ether oxygens (including phenoxy) is 2. The van der Waals surface area contributed by atoms with Crippen LogP contribution in [0.4, 0.5) is 0 Å². The van der Waals surface area contributed by atoms with E-state index in [4.69, 9.17) is 33.3 Å². The van der Waals surface area contributed by atoms with Crippen molar-refractivity contribution in [2.75, 3.05) is 7.11 Å². The van der Waals surface area contributed by atoms with Crippen molar-refractivity contribution in [2.24, 2.45) is 0 Å². The number of thioether (sulfide) groups is 1. The van der Waals surface area contributed by atoms with Gasteiger partial charge in [-0.05, 0) is 88.7 Å². The first-order valence-corrected chi connectivity index (χ1v) is 13.0. The highest BCUT2D eigenvalue weighted by Gasteiger charge is 2.34. The molecule has 0 aromatic heterocycles. The molecule has 1 saturated heterocycles. The molecule has 3 aromatic carbocycles. The summed E-state index contributed by atoms with van der Waals surface area (Å²) >= 11 is 15.8. The summed E-state index contributed by atoms with van der Waals surface area (Å²) in [5.74, 6) is 0.165. The predicted molar refractivity (Wildman–Crippen MR) is 150 cm³/mol. The molecule has 1 N–H and O–H groups in total. The zero-order chi connectivity index (χ0) is 25.8. The first kappa shape index (κ1) is 26.2. The maximum atomic E-state index is 13.0. The lowest BCUT2D eigenvalue weighted by atomic mass is 10.1. The van der Waals surface area contributed by atoms with Crippen LogP contribution in [0.5, 0.6) is 11.5 Å². The number of benzene rings is 3. The molecule has 0 radical (unpaired) electrons. The average Bonchev–Trinajstić information content (AvgIpc) is 3.11. The van der Waals surface area contributed by atoms with Crippen molar-refractivity contribution >= 4 is 73.7 Å². The van der Waals surface area contributed by atoms with Crippen LogP contribution in [0.2, 0.25) is 5.02 Å². The number of aryl methyl sites for hydroxylation is 1. The quantitative estimate of drug-likeness (QED) is 0.244. The smallest absolute Gasteiger partial charge is 0.285 e. The molecule has 1 aliphatic rings. The van der Waals surface area contributed by atoms with E-state index in [2.05, 4.69) is 21.4 Å². The highest BCUT2D eigenvalue weighted by atomic mass is 79.9. The molecule has 0 spiro atoms. The molecular weight excluding hydrogens is 584 g/mol. The van der Waals surface area contributed by atoms with Gasteiger partial charge in [0, 0.05) is 10.6 Å². The first-order chi connectivity index (χ1) is 17.2. The van der Waals surface area contributed by atoms with Crippen molar-refractivity contribution < 1.29 is 19.1 Å². The van der Waals surface area contributed by atoms with Crippen molar-refractivity contribution in [1.29, 1.82) is 0 Å². The lowest BCUT2D eigenvalue weighted by Crippen LogP contribution is -2.44. The Morgan fingerprint density at radius 3 is 2.53 bits per heavy atom. The SMILES string of the molecule is COc1cc(/C=C2\SC(=S)N(NC(=O)c3ccc(Cl)cc3)C2=O)cc(Br)c1OCc1ccc(C)cc1. The molecular formula is C26H20BrClN2O4S2. The number of thiocarbonyl (C=S) groups is 1. The van der Waals surface area contributed by atoms with Crippen molar-refractivity contribution in [1.82, 2.24) is 10.4 Å². The maximum absolute atomic E-state index is 13.0. The maximum Gasteiger partial charge on any atom is 0.285 e. The van der Waals surface area contributed by atoms with Crippen LogP contribution >= 0.6 is 51.5 Å². The summed E-state index contributed by atoms with van der Waals surface area (Å²) < 4.78 is 12.4. The van der Waals surface area contributed by atoms with Gasteiger partial charge in [0.05, 0.1) is 16.5 Å². The van der Waals surface area contributed by atoms with E-state index in [0.29, 0.717) is 43.6 Å². The van der Waals surface area contributed by atoms with Gasteiger partial charge in [-0.1, -0.05) is 53.2 Å². The number of carbonyl (C=O) groups is 2. The highest BCUT2D eigenvalue weighted by Crippen LogP contribution is 2.39. The summed E-state index contributed by atoms with van der Waals surface area (Å²) in [5, 5.41) is 1.57. The molecule has 0 atom stereocenters. The van der Waals surface area contributed by atoms with E-state index in [9.17, 15) is 9.59 Å². The van der Waals surface area contributed by atoms with Crippen molar-refractivity contribution in [3.05, 3.63) is 97.3 Å². The highest BCUT2D eigenvalue weighted by molar-refractivity contribution is 9.10. The third kappa shape index (κ3) is 6.10. The molecule has 3 aromatic rings. The van der Waals surface area contributed by atoms with Gasteiger partial charge in [0.25, 0.3) is 11.8 Å². The number of nitrogens with zero attached hydrogens (tertiary/aromatic N) is 1.